The maximum atomic E-state index is 11.7. The van der Waals surface area contributed by atoms with Gasteiger partial charge in [-0.2, -0.15) is 0 Å². The van der Waals surface area contributed by atoms with Crippen LogP contribution in [-0.2, 0) is 11.3 Å². The summed E-state index contributed by atoms with van der Waals surface area (Å²) in [5.74, 6) is 0.385. The van der Waals surface area contributed by atoms with Crippen LogP contribution in [0.4, 0.5) is 0 Å². The Morgan fingerprint density at radius 3 is 2.83 bits per heavy atom. The zero-order valence-corrected chi connectivity index (χ0v) is 11.3. The average molecular weight is 270 g/mol. The molecular formula is C12H18N2O3S. The molecule has 1 aromatic rings. The molecule has 2 heterocycles. The lowest BCUT2D eigenvalue weighted by Gasteiger charge is -2.38. The van der Waals surface area contributed by atoms with E-state index in [0.717, 1.165) is 5.69 Å². The highest BCUT2D eigenvalue weighted by molar-refractivity contribution is 7.07. The Bertz CT molecular complexity index is 474. The molecule has 0 radical (unpaired) electrons. The number of nitrogens with zero attached hydrogens (tertiary/aromatic N) is 2. The first-order valence-electron chi connectivity index (χ1n) is 6.15. The number of aliphatic hydroxyl groups excluding tert-OH is 1. The predicted molar refractivity (Wildman–Crippen MR) is 69.7 cm³/mol. The first-order chi connectivity index (χ1) is 8.61. The van der Waals surface area contributed by atoms with Crippen molar-refractivity contribution in [2.75, 3.05) is 19.7 Å². The fourth-order valence-corrected chi connectivity index (χ4v) is 2.87. The molecule has 6 heteroatoms. The van der Waals surface area contributed by atoms with Gasteiger partial charge in [0.15, 0.2) is 0 Å². The smallest absolute Gasteiger partial charge is 0.307 e. The lowest BCUT2D eigenvalue weighted by Crippen LogP contribution is -2.51. The van der Waals surface area contributed by atoms with Crippen LogP contribution in [0.5, 0.6) is 0 Å². The van der Waals surface area contributed by atoms with Gasteiger partial charge in [-0.1, -0.05) is 11.3 Å². The van der Waals surface area contributed by atoms with Crippen molar-refractivity contribution < 1.29 is 9.90 Å². The molecule has 1 aromatic heterocycles. The summed E-state index contributed by atoms with van der Waals surface area (Å²) in [6.45, 7) is 4.02. The number of thiazole rings is 1. The van der Waals surface area contributed by atoms with Gasteiger partial charge >= 0.3 is 4.87 Å². The topological polar surface area (TPSA) is 62.5 Å². The second kappa shape index (κ2) is 5.67. The summed E-state index contributed by atoms with van der Waals surface area (Å²) in [5, 5.41) is 10.7. The molecule has 1 aliphatic heterocycles. The van der Waals surface area contributed by atoms with E-state index in [9.17, 15) is 9.59 Å². The Morgan fingerprint density at radius 1 is 1.56 bits per heavy atom. The van der Waals surface area contributed by atoms with E-state index in [-0.39, 0.29) is 23.3 Å². The fourth-order valence-electron chi connectivity index (χ4n) is 2.11. The Kier molecular flexibility index (Phi) is 4.19. The van der Waals surface area contributed by atoms with Crippen LogP contribution in [0, 0.1) is 12.8 Å². The van der Waals surface area contributed by atoms with Crippen molar-refractivity contribution in [3.63, 3.8) is 0 Å². The maximum absolute atomic E-state index is 11.7. The Morgan fingerprint density at radius 2 is 2.28 bits per heavy atom. The van der Waals surface area contributed by atoms with Crippen molar-refractivity contribution in [1.82, 2.24) is 9.47 Å². The van der Waals surface area contributed by atoms with Crippen LogP contribution in [0.1, 0.15) is 18.5 Å². The zero-order chi connectivity index (χ0) is 13.1. The molecule has 0 unspecified atom stereocenters. The van der Waals surface area contributed by atoms with Gasteiger partial charge in [0.25, 0.3) is 0 Å². The van der Waals surface area contributed by atoms with Crippen molar-refractivity contribution >= 4 is 17.2 Å². The normalized spacial score (nSPS) is 15.8. The molecule has 0 aliphatic carbocycles. The molecule has 0 saturated carbocycles. The number of hydrogen-bond donors (Lipinski definition) is 1. The first kappa shape index (κ1) is 13.3. The summed E-state index contributed by atoms with van der Waals surface area (Å²) in [6.07, 6.45) is 1.16. The van der Waals surface area contributed by atoms with Crippen molar-refractivity contribution in [2.24, 2.45) is 5.92 Å². The van der Waals surface area contributed by atoms with Crippen LogP contribution < -0.4 is 4.87 Å². The van der Waals surface area contributed by atoms with Crippen molar-refractivity contribution in [1.29, 1.82) is 0 Å². The fraction of sp³-hybridized carbons (Fsp3) is 0.667. The minimum Gasteiger partial charge on any atom is -0.396 e. The van der Waals surface area contributed by atoms with Crippen molar-refractivity contribution in [2.45, 2.75) is 26.3 Å². The second-order valence-electron chi connectivity index (χ2n) is 4.75. The molecule has 1 fully saturated rings. The molecule has 0 aromatic carbocycles. The molecule has 0 bridgehead atoms. The molecule has 0 spiro atoms. The summed E-state index contributed by atoms with van der Waals surface area (Å²) in [5.41, 5.74) is 0.960. The van der Waals surface area contributed by atoms with E-state index in [0.29, 0.717) is 32.5 Å². The van der Waals surface area contributed by atoms with Crippen LogP contribution in [0.3, 0.4) is 0 Å². The number of hydrogen-bond acceptors (Lipinski definition) is 4. The molecule has 0 atom stereocenters. The van der Waals surface area contributed by atoms with Gasteiger partial charge in [-0.3, -0.25) is 9.59 Å². The number of rotatable bonds is 5. The summed E-state index contributed by atoms with van der Waals surface area (Å²) in [6, 6.07) is 0. The van der Waals surface area contributed by atoms with E-state index < -0.39 is 0 Å². The molecule has 5 nitrogen and oxygen atoms in total. The second-order valence-corrected chi connectivity index (χ2v) is 5.57. The lowest BCUT2D eigenvalue weighted by molar-refractivity contribution is -0.138. The number of aliphatic hydroxyl groups is 1. The summed E-state index contributed by atoms with van der Waals surface area (Å²) in [7, 11) is 0. The van der Waals surface area contributed by atoms with Gasteiger partial charge in [-0.05, 0) is 13.3 Å². The van der Waals surface area contributed by atoms with Gasteiger partial charge in [0, 0.05) is 49.7 Å². The van der Waals surface area contributed by atoms with Gasteiger partial charge in [-0.25, -0.2) is 0 Å². The van der Waals surface area contributed by atoms with Gasteiger partial charge in [0.1, 0.15) is 0 Å². The van der Waals surface area contributed by atoms with E-state index in [2.05, 4.69) is 0 Å². The lowest BCUT2D eigenvalue weighted by atomic mass is 10.0. The molecule has 18 heavy (non-hydrogen) atoms. The van der Waals surface area contributed by atoms with Crippen LogP contribution >= 0.6 is 11.3 Å². The zero-order valence-electron chi connectivity index (χ0n) is 10.5. The largest absolute Gasteiger partial charge is 0.396 e. The SMILES string of the molecule is Cc1csc(=O)n1CCCC(=O)N1CC(CO)C1. The maximum Gasteiger partial charge on any atom is 0.307 e. The van der Waals surface area contributed by atoms with E-state index in [1.807, 2.05) is 12.3 Å². The van der Waals surface area contributed by atoms with E-state index in [1.54, 1.807) is 9.47 Å². The number of aromatic nitrogens is 1. The van der Waals surface area contributed by atoms with Gasteiger partial charge in [0.2, 0.25) is 5.91 Å². The summed E-state index contributed by atoms with van der Waals surface area (Å²) in [4.78, 5) is 25.0. The first-order valence-corrected chi connectivity index (χ1v) is 7.03. The van der Waals surface area contributed by atoms with Gasteiger partial charge in [-0.15, -0.1) is 0 Å². The molecule has 1 amide bonds. The Hall–Kier alpha value is -1.14. The van der Waals surface area contributed by atoms with E-state index in [1.165, 1.54) is 11.3 Å². The van der Waals surface area contributed by atoms with Gasteiger partial charge in [0.05, 0.1) is 0 Å². The summed E-state index contributed by atoms with van der Waals surface area (Å²) >= 11 is 1.20. The van der Waals surface area contributed by atoms with Crippen LogP contribution in [0.2, 0.25) is 0 Å². The quantitative estimate of drug-likeness (QED) is 0.845. The minimum atomic E-state index is 0.0456. The average Bonchev–Trinajstić information content (AvgIpc) is 2.59. The molecule has 100 valence electrons. The van der Waals surface area contributed by atoms with E-state index in [4.69, 9.17) is 5.11 Å². The van der Waals surface area contributed by atoms with Crippen molar-refractivity contribution in [3.05, 3.63) is 20.7 Å². The third-order valence-corrected chi connectivity index (χ3v) is 4.20. The monoisotopic (exact) mass is 270 g/mol. The number of likely N-dealkylation sites (tertiary alicyclic amines) is 1. The molecule has 1 N–H and O–H groups in total. The molecule has 1 saturated heterocycles. The molecular weight excluding hydrogens is 252 g/mol. The predicted octanol–water partition coefficient (Wildman–Crippen LogP) is 0.449. The standard InChI is InChI=1S/C12H18N2O3S/c1-9-8-18-12(17)14(9)4-2-3-11(16)13-5-10(6-13)7-15/h8,10,15H,2-7H2,1H3. The Balaban J connectivity index is 1.73. The highest BCUT2D eigenvalue weighted by Gasteiger charge is 2.29. The van der Waals surface area contributed by atoms with E-state index >= 15 is 0 Å². The van der Waals surface area contributed by atoms with Crippen molar-refractivity contribution in [3.8, 4) is 0 Å². The third kappa shape index (κ3) is 2.81. The molecule has 2 rings (SSSR count). The number of carbonyl (C=O) groups is 1. The van der Waals surface area contributed by atoms with Gasteiger partial charge < -0.3 is 14.6 Å². The highest BCUT2D eigenvalue weighted by atomic mass is 32.1. The minimum absolute atomic E-state index is 0.0456. The van der Waals surface area contributed by atoms with Crippen LogP contribution in [0.15, 0.2) is 10.2 Å². The Labute approximate surface area is 110 Å². The third-order valence-electron chi connectivity index (χ3n) is 3.32. The summed E-state index contributed by atoms with van der Waals surface area (Å²) < 4.78 is 1.71. The number of amides is 1. The number of carbonyl (C=O) groups excluding carboxylic acids is 1. The van der Waals surface area contributed by atoms with Crippen LogP contribution in [0.25, 0.3) is 0 Å². The number of aryl methyl sites for hydroxylation is 1. The van der Waals surface area contributed by atoms with Crippen LogP contribution in [-0.4, -0.2) is 40.2 Å². The molecule has 1 aliphatic rings. The highest BCUT2D eigenvalue weighted by Crippen LogP contribution is 2.16.